The lowest BCUT2D eigenvalue weighted by Crippen LogP contribution is -2.22. The number of hydrogen-bond donors (Lipinski definition) is 0. The molecule has 0 aliphatic rings. The molecule has 3 aromatic carbocycles. The van der Waals surface area contributed by atoms with Crippen molar-refractivity contribution in [3.05, 3.63) is 107 Å². The number of rotatable bonds is 5. The van der Waals surface area contributed by atoms with Crippen LogP contribution in [0.3, 0.4) is 0 Å². The summed E-state index contributed by atoms with van der Waals surface area (Å²) in [6.45, 7) is 5.97. The highest BCUT2D eigenvalue weighted by molar-refractivity contribution is 5.90. The fraction of sp³-hybridized carbons (Fsp3) is 0.160. The molecule has 0 aliphatic carbocycles. The molecule has 0 fully saturated rings. The number of nitrogens with zero attached hydrogens (tertiary/aromatic N) is 2. The number of fused-ring (bicyclic) bond motifs is 1. The Bertz CT molecular complexity index is 998. The third-order valence-corrected chi connectivity index (χ3v) is 5.07. The molecule has 0 saturated heterocycles. The second-order valence-corrected chi connectivity index (χ2v) is 7.08. The van der Waals surface area contributed by atoms with E-state index in [4.69, 9.17) is 0 Å². The molecule has 2 nitrogen and oxygen atoms in total. The van der Waals surface area contributed by atoms with Gasteiger partial charge in [0.05, 0.1) is 0 Å². The quantitative estimate of drug-likeness (QED) is 0.434. The summed E-state index contributed by atoms with van der Waals surface area (Å²) in [6, 6.07) is 28.1. The summed E-state index contributed by atoms with van der Waals surface area (Å²) in [4.78, 5) is 6.95. The van der Waals surface area contributed by atoms with Crippen LogP contribution in [0.15, 0.2) is 85.1 Å². The fourth-order valence-corrected chi connectivity index (χ4v) is 3.55. The normalized spacial score (nSPS) is 10.9. The van der Waals surface area contributed by atoms with E-state index in [-0.39, 0.29) is 0 Å². The van der Waals surface area contributed by atoms with Gasteiger partial charge in [-0.25, -0.2) is 0 Å². The molecule has 0 spiro atoms. The third kappa shape index (κ3) is 3.85. The Morgan fingerprint density at radius 3 is 1.89 bits per heavy atom. The molecule has 1 heterocycles. The third-order valence-electron chi connectivity index (χ3n) is 5.07. The van der Waals surface area contributed by atoms with Gasteiger partial charge in [-0.3, -0.25) is 4.98 Å². The first-order valence-corrected chi connectivity index (χ1v) is 9.39. The average molecular weight is 352 g/mol. The minimum Gasteiger partial charge on any atom is -0.363 e. The summed E-state index contributed by atoms with van der Waals surface area (Å²) in [5.41, 5.74) is 6.17. The summed E-state index contributed by atoms with van der Waals surface area (Å²) in [5.74, 6) is 0. The summed E-state index contributed by atoms with van der Waals surface area (Å²) in [6.07, 6.45) is 1.97. The Morgan fingerprint density at radius 2 is 1.30 bits per heavy atom. The number of hydrogen-bond acceptors (Lipinski definition) is 2. The monoisotopic (exact) mass is 352 g/mol. The molecule has 0 unspecified atom stereocenters. The highest BCUT2D eigenvalue weighted by Gasteiger charge is 2.11. The van der Waals surface area contributed by atoms with Crippen molar-refractivity contribution in [3.63, 3.8) is 0 Å². The molecule has 4 rings (SSSR count). The van der Waals surface area contributed by atoms with E-state index in [1.165, 1.54) is 33.2 Å². The molecule has 0 amide bonds. The van der Waals surface area contributed by atoms with Crippen LogP contribution in [0.4, 0.5) is 5.69 Å². The Morgan fingerprint density at radius 1 is 0.704 bits per heavy atom. The Hall–Kier alpha value is -3.13. The van der Waals surface area contributed by atoms with Crippen molar-refractivity contribution in [3.8, 4) is 0 Å². The number of pyridine rings is 1. The van der Waals surface area contributed by atoms with E-state index in [2.05, 4.69) is 103 Å². The Kier molecular flexibility index (Phi) is 4.88. The van der Waals surface area contributed by atoms with Crippen molar-refractivity contribution in [1.82, 2.24) is 4.98 Å². The van der Waals surface area contributed by atoms with Crippen molar-refractivity contribution in [2.45, 2.75) is 26.9 Å². The van der Waals surface area contributed by atoms with Crippen molar-refractivity contribution < 1.29 is 0 Å². The van der Waals surface area contributed by atoms with Gasteiger partial charge in [0.1, 0.15) is 0 Å². The molecule has 1 aromatic heterocycles. The number of benzene rings is 3. The standard InChI is InChI=1S/C25H24N2/c1-19-16-26-20(2)24-14-13-23(15-25(19)24)27(17-21-9-5-3-6-10-21)18-22-11-7-4-8-12-22/h3-16H,17-18H2,1-2H3. The first-order valence-electron chi connectivity index (χ1n) is 9.39. The van der Waals surface area contributed by atoms with Crippen LogP contribution >= 0.6 is 0 Å². The second-order valence-electron chi connectivity index (χ2n) is 7.08. The van der Waals surface area contributed by atoms with Crippen molar-refractivity contribution in [1.29, 1.82) is 0 Å². The van der Waals surface area contributed by atoms with E-state index in [0.29, 0.717) is 0 Å². The van der Waals surface area contributed by atoms with Crippen LogP contribution in [0.25, 0.3) is 10.8 Å². The molecule has 27 heavy (non-hydrogen) atoms. The largest absolute Gasteiger partial charge is 0.363 e. The molecule has 0 atom stereocenters. The first kappa shape index (κ1) is 17.3. The number of aryl methyl sites for hydroxylation is 2. The Balaban J connectivity index is 1.75. The topological polar surface area (TPSA) is 16.1 Å². The molecule has 0 saturated carbocycles. The minimum absolute atomic E-state index is 0.879. The van der Waals surface area contributed by atoms with Crippen molar-refractivity contribution in [2.24, 2.45) is 0 Å². The van der Waals surface area contributed by atoms with Crippen LogP contribution in [0.2, 0.25) is 0 Å². The molecule has 2 heteroatoms. The maximum Gasteiger partial charge on any atom is 0.0451 e. The van der Waals surface area contributed by atoms with Gasteiger partial charge in [0, 0.05) is 36.1 Å². The molecular formula is C25H24N2. The SMILES string of the molecule is Cc1cnc(C)c2ccc(N(Cc3ccccc3)Cc3ccccc3)cc12. The molecule has 0 N–H and O–H groups in total. The summed E-state index contributed by atoms with van der Waals surface area (Å²) in [7, 11) is 0. The van der Waals surface area contributed by atoms with Gasteiger partial charge in [0.2, 0.25) is 0 Å². The van der Waals surface area contributed by atoms with Gasteiger partial charge in [0.25, 0.3) is 0 Å². The van der Waals surface area contributed by atoms with Gasteiger partial charge in [-0.15, -0.1) is 0 Å². The Labute approximate surface area is 161 Å². The molecule has 0 bridgehead atoms. The van der Waals surface area contributed by atoms with Gasteiger partial charge in [-0.1, -0.05) is 66.7 Å². The van der Waals surface area contributed by atoms with Gasteiger partial charge >= 0.3 is 0 Å². The van der Waals surface area contributed by atoms with Crippen molar-refractivity contribution >= 4 is 16.5 Å². The second kappa shape index (κ2) is 7.63. The molecule has 4 aromatic rings. The van der Waals surface area contributed by atoms with E-state index < -0.39 is 0 Å². The lowest BCUT2D eigenvalue weighted by atomic mass is 10.0. The van der Waals surface area contributed by atoms with Gasteiger partial charge < -0.3 is 4.90 Å². The molecule has 0 radical (unpaired) electrons. The highest BCUT2D eigenvalue weighted by Crippen LogP contribution is 2.28. The van der Waals surface area contributed by atoms with Crippen LogP contribution in [0, 0.1) is 13.8 Å². The van der Waals surface area contributed by atoms with E-state index in [1.807, 2.05) is 6.20 Å². The smallest absolute Gasteiger partial charge is 0.0451 e. The fourth-order valence-electron chi connectivity index (χ4n) is 3.55. The lowest BCUT2D eigenvalue weighted by Gasteiger charge is -2.26. The van der Waals surface area contributed by atoms with E-state index in [0.717, 1.165) is 18.8 Å². The predicted molar refractivity (Wildman–Crippen MR) is 114 cm³/mol. The number of anilines is 1. The van der Waals surface area contributed by atoms with Crippen LogP contribution in [0.5, 0.6) is 0 Å². The van der Waals surface area contributed by atoms with Crippen molar-refractivity contribution in [2.75, 3.05) is 4.90 Å². The average Bonchev–Trinajstić information content (AvgIpc) is 2.72. The first-order chi connectivity index (χ1) is 13.2. The van der Waals surface area contributed by atoms with Crippen LogP contribution in [0.1, 0.15) is 22.4 Å². The maximum absolute atomic E-state index is 4.50. The van der Waals surface area contributed by atoms with E-state index in [9.17, 15) is 0 Å². The minimum atomic E-state index is 0.879. The predicted octanol–water partition coefficient (Wildman–Crippen LogP) is 6.06. The summed E-state index contributed by atoms with van der Waals surface area (Å²) < 4.78 is 0. The molecule has 134 valence electrons. The lowest BCUT2D eigenvalue weighted by molar-refractivity contribution is 0.800. The number of aromatic nitrogens is 1. The van der Waals surface area contributed by atoms with Gasteiger partial charge in [-0.2, -0.15) is 0 Å². The van der Waals surface area contributed by atoms with Gasteiger partial charge in [-0.05, 0) is 48.1 Å². The zero-order valence-electron chi connectivity index (χ0n) is 15.9. The van der Waals surface area contributed by atoms with Crippen LogP contribution in [-0.4, -0.2) is 4.98 Å². The molecular weight excluding hydrogens is 328 g/mol. The van der Waals surface area contributed by atoms with E-state index in [1.54, 1.807) is 0 Å². The van der Waals surface area contributed by atoms with E-state index >= 15 is 0 Å². The summed E-state index contributed by atoms with van der Waals surface area (Å²) in [5, 5.41) is 2.52. The molecule has 0 aliphatic heterocycles. The zero-order valence-corrected chi connectivity index (χ0v) is 15.9. The maximum atomic E-state index is 4.50. The van der Waals surface area contributed by atoms with Crippen LogP contribution in [-0.2, 0) is 13.1 Å². The zero-order chi connectivity index (χ0) is 18.6. The summed E-state index contributed by atoms with van der Waals surface area (Å²) >= 11 is 0. The van der Waals surface area contributed by atoms with Gasteiger partial charge in [0.15, 0.2) is 0 Å². The van der Waals surface area contributed by atoms with Crippen LogP contribution < -0.4 is 4.90 Å². The highest BCUT2D eigenvalue weighted by atomic mass is 15.1.